The van der Waals surface area contributed by atoms with Crippen LogP contribution in [0, 0.1) is 5.41 Å². The largest absolute Gasteiger partial charge is 0.393 e. The second-order valence-electron chi connectivity index (χ2n) is 4.75. The van der Waals surface area contributed by atoms with Crippen LogP contribution in [-0.4, -0.2) is 16.2 Å². The molecule has 0 amide bonds. The van der Waals surface area contributed by atoms with E-state index in [9.17, 15) is 5.11 Å². The summed E-state index contributed by atoms with van der Waals surface area (Å²) in [5.74, 6) is 0. The first-order chi connectivity index (χ1) is 6.49. The Bertz CT molecular complexity index is 267. The minimum absolute atomic E-state index is 0.148. The van der Waals surface area contributed by atoms with Crippen molar-refractivity contribution >= 4 is 0 Å². The predicted molar refractivity (Wildman–Crippen MR) is 58.0 cm³/mol. The van der Waals surface area contributed by atoms with Crippen LogP contribution in [0.2, 0.25) is 0 Å². The van der Waals surface area contributed by atoms with E-state index >= 15 is 0 Å². The molecule has 0 aromatic carbocycles. The highest BCUT2D eigenvalue weighted by Crippen LogP contribution is 2.27. The van der Waals surface area contributed by atoms with Gasteiger partial charge in [0.1, 0.15) is 0 Å². The van der Waals surface area contributed by atoms with Gasteiger partial charge in [-0.3, -0.25) is 4.98 Å². The van der Waals surface area contributed by atoms with Crippen molar-refractivity contribution in [3.63, 3.8) is 0 Å². The van der Waals surface area contributed by atoms with Gasteiger partial charge >= 0.3 is 0 Å². The van der Waals surface area contributed by atoms with Crippen LogP contribution >= 0.6 is 0 Å². The summed E-state index contributed by atoms with van der Waals surface area (Å²) in [6.07, 6.45) is 5.21. The lowest BCUT2D eigenvalue weighted by atomic mass is 9.81. The second-order valence-corrected chi connectivity index (χ2v) is 4.75. The van der Waals surface area contributed by atoms with Crippen molar-refractivity contribution in [1.29, 1.82) is 0 Å². The highest BCUT2D eigenvalue weighted by molar-refractivity contribution is 5.11. The molecule has 0 aliphatic carbocycles. The molecule has 1 rings (SSSR count). The van der Waals surface area contributed by atoms with Crippen molar-refractivity contribution in [2.75, 3.05) is 0 Å². The molecule has 14 heavy (non-hydrogen) atoms. The number of hydrogen-bond acceptors (Lipinski definition) is 2. The topological polar surface area (TPSA) is 33.1 Å². The molecule has 1 aromatic heterocycles. The van der Waals surface area contributed by atoms with Crippen LogP contribution in [0.4, 0.5) is 0 Å². The van der Waals surface area contributed by atoms with Crippen molar-refractivity contribution in [3.05, 3.63) is 30.1 Å². The Kier molecular flexibility index (Phi) is 3.64. The van der Waals surface area contributed by atoms with Crippen LogP contribution in [0.5, 0.6) is 0 Å². The molecule has 0 bridgehead atoms. The van der Waals surface area contributed by atoms with E-state index in [-0.39, 0.29) is 11.5 Å². The van der Waals surface area contributed by atoms with E-state index in [1.807, 2.05) is 31.5 Å². The molecule has 2 nitrogen and oxygen atoms in total. The molecule has 1 N–H and O–H groups in total. The van der Waals surface area contributed by atoms with Crippen molar-refractivity contribution in [3.8, 4) is 0 Å². The molecule has 0 aliphatic heterocycles. The third-order valence-electron chi connectivity index (χ3n) is 2.28. The van der Waals surface area contributed by atoms with Crippen LogP contribution in [0.3, 0.4) is 0 Å². The minimum Gasteiger partial charge on any atom is -0.393 e. The first kappa shape index (κ1) is 11.2. The summed E-state index contributed by atoms with van der Waals surface area (Å²) in [5, 5.41) is 9.35. The molecule has 0 radical (unpaired) electrons. The minimum atomic E-state index is -0.230. The quantitative estimate of drug-likeness (QED) is 0.796. The third-order valence-corrected chi connectivity index (χ3v) is 2.28. The maximum Gasteiger partial charge on any atom is 0.0517 e. The van der Waals surface area contributed by atoms with Gasteiger partial charge in [0.2, 0.25) is 0 Å². The summed E-state index contributed by atoms with van der Waals surface area (Å²) < 4.78 is 0. The maximum atomic E-state index is 9.35. The van der Waals surface area contributed by atoms with Gasteiger partial charge in [-0.1, -0.05) is 13.8 Å². The third kappa shape index (κ3) is 3.88. The van der Waals surface area contributed by atoms with Crippen molar-refractivity contribution in [2.45, 2.75) is 39.7 Å². The molecule has 0 fully saturated rings. The van der Waals surface area contributed by atoms with Crippen LogP contribution in [0.25, 0.3) is 0 Å². The smallest absolute Gasteiger partial charge is 0.0517 e. The van der Waals surface area contributed by atoms with Gasteiger partial charge in [0.05, 0.1) is 6.10 Å². The number of aliphatic hydroxyl groups is 1. The molecule has 0 spiro atoms. The van der Waals surface area contributed by atoms with E-state index in [0.717, 1.165) is 12.8 Å². The molecule has 1 heterocycles. The van der Waals surface area contributed by atoms with Crippen LogP contribution in [0.15, 0.2) is 24.5 Å². The molecule has 1 unspecified atom stereocenters. The zero-order chi connectivity index (χ0) is 10.6. The Balaban J connectivity index is 2.59. The van der Waals surface area contributed by atoms with E-state index in [4.69, 9.17) is 0 Å². The average molecular weight is 193 g/mol. The monoisotopic (exact) mass is 193 g/mol. The summed E-state index contributed by atoms with van der Waals surface area (Å²) in [6.45, 7) is 6.20. The summed E-state index contributed by atoms with van der Waals surface area (Å²) in [5.41, 5.74) is 1.43. The number of rotatable bonds is 4. The number of aliphatic hydroxyl groups excluding tert-OH is 1. The summed E-state index contributed by atoms with van der Waals surface area (Å²) in [6, 6.07) is 4.06. The van der Waals surface area contributed by atoms with Gasteiger partial charge in [0.15, 0.2) is 0 Å². The molecule has 1 aromatic rings. The van der Waals surface area contributed by atoms with Crippen molar-refractivity contribution in [2.24, 2.45) is 5.41 Å². The first-order valence-corrected chi connectivity index (χ1v) is 5.06. The van der Waals surface area contributed by atoms with Crippen molar-refractivity contribution in [1.82, 2.24) is 4.98 Å². The Morgan fingerprint density at radius 1 is 1.36 bits per heavy atom. The summed E-state index contributed by atoms with van der Waals surface area (Å²) in [7, 11) is 0. The Labute approximate surface area is 86.0 Å². The Hall–Kier alpha value is -0.890. The van der Waals surface area contributed by atoms with Gasteiger partial charge in [-0.25, -0.2) is 0 Å². The van der Waals surface area contributed by atoms with Crippen LogP contribution in [-0.2, 0) is 6.42 Å². The van der Waals surface area contributed by atoms with Crippen LogP contribution < -0.4 is 0 Å². The Morgan fingerprint density at radius 2 is 1.93 bits per heavy atom. The van der Waals surface area contributed by atoms with E-state index in [1.54, 1.807) is 0 Å². The van der Waals surface area contributed by atoms with E-state index in [0.29, 0.717) is 0 Å². The zero-order valence-corrected chi connectivity index (χ0v) is 9.20. The average Bonchev–Trinajstić information content (AvgIpc) is 2.02. The number of hydrogen-bond donors (Lipinski definition) is 1. The van der Waals surface area contributed by atoms with Gasteiger partial charge in [0, 0.05) is 12.4 Å². The lowest BCUT2D eigenvalue weighted by Gasteiger charge is -2.26. The highest BCUT2D eigenvalue weighted by Gasteiger charge is 2.20. The molecule has 78 valence electrons. The fraction of sp³-hybridized carbons (Fsp3) is 0.583. The molecule has 2 heteroatoms. The molecule has 1 atom stereocenters. The summed E-state index contributed by atoms with van der Waals surface area (Å²) >= 11 is 0. The Morgan fingerprint density at radius 3 is 2.43 bits per heavy atom. The first-order valence-electron chi connectivity index (χ1n) is 5.06. The number of pyridine rings is 1. The molecule has 0 saturated heterocycles. The standard InChI is InChI=1S/C12H19NO/c1-10(14)8-12(2,3)9-11-4-6-13-7-5-11/h4-7,10,14H,8-9H2,1-3H3. The lowest BCUT2D eigenvalue weighted by Crippen LogP contribution is -2.21. The van der Waals surface area contributed by atoms with Gasteiger partial charge < -0.3 is 5.11 Å². The fourth-order valence-corrected chi connectivity index (χ4v) is 1.93. The SMILES string of the molecule is CC(O)CC(C)(C)Cc1ccncc1. The maximum absolute atomic E-state index is 9.35. The normalized spacial score (nSPS) is 14.0. The van der Waals surface area contributed by atoms with E-state index in [2.05, 4.69) is 18.8 Å². The molecular weight excluding hydrogens is 174 g/mol. The van der Waals surface area contributed by atoms with Crippen molar-refractivity contribution < 1.29 is 5.11 Å². The van der Waals surface area contributed by atoms with E-state index in [1.165, 1.54) is 5.56 Å². The second kappa shape index (κ2) is 4.56. The molecule has 0 saturated carbocycles. The van der Waals surface area contributed by atoms with Gasteiger partial charge in [-0.2, -0.15) is 0 Å². The lowest BCUT2D eigenvalue weighted by molar-refractivity contribution is 0.129. The fourth-order valence-electron chi connectivity index (χ4n) is 1.93. The van der Waals surface area contributed by atoms with E-state index < -0.39 is 0 Å². The predicted octanol–water partition coefficient (Wildman–Crippen LogP) is 2.42. The highest BCUT2D eigenvalue weighted by atomic mass is 16.3. The zero-order valence-electron chi connectivity index (χ0n) is 9.20. The molecular formula is C12H19NO. The molecule has 0 aliphatic rings. The van der Waals surface area contributed by atoms with Crippen LogP contribution in [0.1, 0.15) is 32.8 Å². The number of aromatic nitrogens is 1. The number of nitrogens with zero attached hydrogens (tertiary/aromatic N) is 1. The van der Waals surface area contributed by atoms with Gasteiger partial charge in [-0.05, 0) is 42.9 Å². The van der Waals surface area contributed by atoms with Gasteiger partial charge in [-0.15, -0.1) is 0 Å². The van der Waals surface area contributed by atoms with Gasteiger partial charge in [0.25, 0.3) is 0 Å². The summed E-state index contributed by atoms with van der Waals surface area (Å²) in [4.78, 5) is 3.99.